The van der Waals surface area contributed by atoms with Gasteiger partial charge in [-0.3, -0.25) is 9.10 Å². The van der Waals surface area contributed by atoms with Crippen LogP contribution in [0.15, 0.2) is 53.4 Å². The predicted octanol–water partition coefficient (Wildman–Crippen LogP) is 1.27. The van der Waals surface area contributed by atoms with Crippen molar-refractivity contribution in [1.82, 2.24) is 9.62 Å². The Morgan fingerprint density at radius 1 is 1.03 bits per heavy atom. The maximum atomic E-state index is 12.5. The Kier molecular flexibility index (Phi) is 7.65. The molecule has 9 nitrogen and oxygen atoms in total. The second-order valence-corrected chi connectivity index (χ2v) is 12.2. The Morgan fingerprint density at radius 3 is 2.33 bits per heavy atom. The van der Waals surface area contributed by atoms with Crippen molar-refractivity contribution in [2.75, 3.05) is 55.7 Å². The molecule has 0 radical (unpaired) electrons. The molecule has 11 heteroatoms. The number of carbonyl (C=O) groups excluding carboxylic acids is 1. The normalized spacial score (nSPS) is 13.8. The monoisotopic (exact) mass is 494 g/mol. The van der Waals surface area contributed by atoms with Gasteiger partial charge in [-0.25, -0.2) is 21.1 Å². The smallest absolute Gasteiger partial charge is 0.242 e. The van der Waals surface area contributed by atoms with E-state index in [1.807, 2.05) is 12.1 Å². The summed E-state index contributed by atoms with van der Waals surface area (Å²) in [5.41, 5.74) is 2.78. The van der Waals surface area contributed by atoms with Crippen molar-refractivity contribution in [1.29, 1.82) is 0 Å². The minimum Gasteiger partial charge on any atom is -0.371 e. The largest absolute Gasteiger partial charge is 0.371 e. The number of carbonyl (C=O) groups is 1. The van der Waals surface area contributed by atoms with Gasteiger partial charge in [0.1, 0.15) is 6.54 Å². The summed E-state index contributed by atoms with van der Waals surface area (Å²) in [7, 11) is -4.56. The molecule has 0 atom stereocenters. The molecule has 0 spiro atoms. The average molecular weight is 495 g/mol. The molecule has 0 aromatic heterocycles. The zero-order valence-corrected chi connectivity index (χ0v) is 20.7. The van der Waals surface area contributed by atoms with Crippen molar-refractivity contribution in [3.05, 3.63) is 54.1 Å². The van der Waals surface area contributed by atoms with Crippen molar-refractivity contribution in [2.45, 2.75) is 17.7 Å². The number of sulfonamides is 2. The molecule has 180 valence electrons. The minimum atomic E-state index is -3.75. The van der Waals surface area contributed by atoms with E-state index in [-0.39, 0.29) is 17.1 Å². The van der Waals surface area contributed by atoms with Gasteiger partial charge in [0.15, 0.2) is 0 Å². The number of fused-ring (bicyclic) bond motifs is 1. The molecular formula is C22H30N4O5S2. The third-order valence-electron chi connectivity index (χ3n) is 5.50. The first-order valence-electron chi connectivity index (χ1n) is 10.6. The zero-order chi connectivity index (χ0) is 24.2. The lowest BCUT2D eigenvalue weighted by atomic mass is 10.2. The first-order valence-corrected chi connectivity index (χ1v) is 13.9. The highest BCUT2D eigenvalue weighted by molar-refractivity contribution is 7.92. The maximum absolute atomic E-state index is 12.5. The van der Waals surface area contributed by atoms with Crippen molar-refractivity contribution in [3.8, 4) is 0 Å². The molecule has 1 amide bonds. The van der Waals surface area contributed by atoms with E-state index in [0.29, 0.717) is 6.54 Å². The van der Waals surface area contributed by atoms with Crippen LogP contribution < -0.4 is 14.5 Å². The summed E-state index contributed by atoms with van der Waals surface area (Å²) in [6.45, 7) is 1.80. The second-order valence-electron chi connectivity index (χ2n) is 8.12. The number of nitrogens with zero attached hydrogens (tertiary/aromatic N) is 3. The van der Waals surface area contributed by atoms with Crippen LogP contribution in [0, 0.1) is 0 Å². The second kappa shape index (κ2) is 10.1. The number of hydrogen-bond acceptors (Lipinski definition) is 6. The molecule has 1 aliphatic rings. The number of rotatable bonds is 10. The molecule has 0 unspecified atom stereocenters. The fourth-order valence-corrected chi connectivity index (χ4v) is 5.48. The average Bonchev–Trinajstić information content (AvgIpc) is 3.17. The third-order valence-corrected chi connectivity index (χ3v) is 8.47. The minimum absolute atomic E-state index is 0.0395. The summed E-state index contributed by atoms with van der Waals surface area (Å²) in [6, 6.07) is 13.7. The van der Waals surface area contributed by atoms with Crippen LogP contribution in [0.25, 0.3) is 0 Å². The maximum Gasteiger partial charge on any atom is 0.242 e. The molecule has 0 saturated heterocycles. The standard InChI is InChI=1S/C22H30N4O5S2/c1-24(2)33(30,31)20-11-9-19(10-12-20)26(32(3,28)29)17-22(27)23-14-6-15-25-16-13-18-7-4-5-8-21(18)25/h4-5,7-12H,6,13-17H2,1-3H3,(H,23,27). The van der Waals surface area contributed by atoms with E-state index in [2.05, 4.69) is 22.3 Å². The van der Waals surface area contributed by atoms with E-state index in [1.54, 1.807) is 0 Å². The summed E-state index contributed by atoms with van der Waals surface area (Å²) in [4.78, 5) is 14.8. The molecule has 3 rings (SSSR count). The van der Waals surface area contributed by atoms with E-state index in [1.165, 1.54) is 49.6 Å². The Hall–Kier alpha value is -2.63. The SMILES string of the molecule is CN(C)S(=O)(=O)c1ccc(N(CC(=O)NCCCN2CCc3ccccc32)S(C)(=O)=O)cc1. The van der Waals surface area contributed by atoms with E-state index < -0.39 is 26.0 Å². The lowest BCUT2D eigenvalue weighted by molar-refractivity contribution is -0.119. The molecule has 0 bridgehead atoms. The fraction of sp³-hybridized carbons (Fsp3) is 0.409. The number of nitrogens with one attached hydrogen (secondary N) is 1. The summed E-state index contributed by atoms with van der Waals surface area (Å²) in [5, 5.41) is 2.78. The van der Waals surface area contributed by atoms with Crippen LogP contribution in [0.2, 0.25) is 0 Å². The molecule has 0 fully saturated rings. The molecule has 2 aromatic carbocycles. The highest BCUT2D eigenvalue weighted by Gasteiger charge is 2.23. The van der Waals surface area contributed by atoms with Gasteiger partial charge >= 0.3 is 0 Å². The van der Waals surface area contributed by atoms with Crippen LogP contribution in [0.4, 0.5) is 11.4 Å². The lowest BCUT2D eigenvalue weighted by Gasteiger charge is -2.23. The van der Waals surface area contributed by atoms with E-state index in [0.717, 1.165) is 40.8 Å². The van der Waals surface area contributed by atoms with Gasteiger partial charge in [-0.1, -0.05) is 18.2 Å². The van der Waals surface area contributed by atoms with Gasteiger partial charge in [-0.05, 0) is 48.7 Å². The Labute approximate surface area is 196 Å². The Balaban J connectivity index is 1.57. The van der Waals surface area contributed by atoms with Gasteiger partial charge in [-0.2, -0.15) is 0 Å². The van der Waals surface area contributed by atoms with Gasteiger partial charge in [0.05, 0.1) is 16.8 Å². The number of hydrogen-bond donors (Lipinski definition) is 1. The summed E-state index contributed by atoms with van der Waals surface area (Å²) in [5.74, 6) is -0.424. The predicted molar refractivity (Wildman–Crippen MR) is 129 cm³/mol. The van der Waals surface area contributed by atoms with Crippen molar-refractivity contribution in [2.24, 2.45) is 0 Å². The summed E-state index contributed by atoms with van der Waals surface area (Å²) >= 11 is 0. The highest BCUT2D eigenvalue weighted by Crippen LogP contribution is 2.27. The quantitative estimate of drug-likeness (QED) is 0.499. The third kappa shape index (κ3) is 6.04. The zero-order valence-electron chi connectivity index (χ0n) is 19.1. The van der Waals surface area contributed by atoms with Crippen LogP contribution in [-0.4, -0.2) is 73.6 Å². The van der Waals surface area contributed by atoms with Crippen LogP contribution >= 0.6 is 0 Å². The van der Waals surface area contributed by atoms with Crippen LogP contribution in [0.5, 0.6) is 0 Å². The molecule has 2 aromatic rings. The molecule has 1 N–H and O–H groups in total. The first-order chi connectivity index (χ1) is 15.5. The number of benzene rings is 2. The topological polar surface area (TPSA) is 107 Å². The molecule has 0 aliphatic carbocycles. The van der Waals surface area contributed by atoms with Gasteiger partial charge < -0.3 is 10.2 Å². The Morgan fingerprint density at radius 2 is 1.70 bits per heavy atom. The molecule has 33 heavy (non-hydrogen) atoms. The van der Waals surface area contributed by atoms with Gasteiger partial charge in [0, 0.05) is 39.4 Å². The van der Waals surface area contributed by atoms with Crippen molar-refractivity contribution >= 4 is 37.3 Å². The van der Waals surface area contributed by atoms with E-state index in [9.17, 15) is 21.6 Å². The molecule has 1 aliphatic heterocycles. The van der Waals surface area contributed by atoms with E-state index >= 15 is 0 Å². The van der Waals surface area contributed by atoms with Crippen LogP contribution in [0.3, 0.4) is 0 Å². The molecule has 1 heterocycles. The van der Waals surface area contributed by atoms with E-state index in [4.69, 9.17) is 0 Å². The van der Waals surface area contributed by atoms with Crippen LogP contribution in [-0.2, 0) is 31.3 Å². The van der Waals surface area contributed by atoms with Gasteiger partial charge in [-0.15, -0.1) is 0 Å². The summed E-state index contributed by atoms with van der Waals surface area (Å²) in [6.07, 6.45) is 2.76. The fourth-order valence-electron chi connectivity index (χ4n) is 3.72. The lowest BCUT2D eigenvalue weighted by Crippen LogP contribution is -2.41. The first kappa shape index (κ1) is 25.0. The molecular weight excluding hydrogens is 464 g/mol. The van der Waals surface area contributed by atoms with Gasteiger partial charge in [0.25, 0.3) is 0 Å². The van der Waals surface area contributed by atoms with Gasteiger partial charge in [0.2, 0.25) is 26.0 Å². The van der Waals surface area contributed by atoms with Crippen molar-refractivity contribution < 1.29 is 21.6 Å². The number of anilines is 2. The highest BCUT2D eigenvalue weighted by atomic mass is 32.2. The Bertz CT molecular complexity index is 1200. The molecule has 0 saturated carbocycles. The number of amides is 1. The van der Waals surface area contributed by atoms with Crippen molar-refractivity contribution in [3.63, 3.8) is 0 Å². The number of para-hydroxylation sites is 1. The summed E-state index contributed by atoms with van der Waals surface area (Å²) < 4.78 is 51.1. The van der Waals surface area contributed by atoms with Crippen LogP contribution in [0.1, 0.15) is 12.0 Å².